The topological polar surface area (TPSA) is 135 Å². The van der Waals surface area contributed by atoms with Crippen molar-refractivity contribution in [2.24, 2.45) is 5.92 Å². The number of nitrogen functional groups attached to an aromatic ring is 1. The van der Waals surface area contributed by atoms with Gasteiger partial charge in [0.2, 0.25) is 10.0 Å². The van der Waals surface area contributed by atoms with Gasteiger partial charge in [-0.05, 0) is 60.4 Å². The fourth-order valence-corrected chi connectivity index (χ4v) is 6.79. The van der Waals surface area contributed by atoms with Gasteiger partial charge >= 0.3 is 0 Å². The van der Waals surface area contributed by atoms with E-state index >= 15 is 0 Å². The van der Waals surface area contributed by atoms with Crippen LogP contribution in [-0.2, 0) is 16.4 Å². The van der Waals surface area contributed by atoms with E-state index in [2.05, 4.69) is 10.3 Å². The van der Waals surface area contributed by atoms with Gasteiger partial charge in [-0.25, -0.2) is 13.4 Å². The van der Waals surface area contributed by atoms with Crippen molar-refractivity contribution in [2.45, 2.75) is 37.3 Å². The molecule has 0 bridgehead atoms. The van der Waals surface area contributed by atoms with E-state index in [0.29, 0.717) is 28.4 Å². The molecule has 4 N–H and O–H groups in total. The lowest BCUT2D eigenvalue weighted by Gasteiger charge is -2.31. The van der Waals surface area contributed by atoms with Crippen molar-refractivity contribution in [3.05, 3.63) is 83.9 Å². The molecule has 0 fully saturated rings. The number of anilines is 1. The highest BCUT2D eigenvalue weighted by molar-refractivity contribution is 7.89. The minimum atomic E-state index is -3.94. The predicted octanol–water partition coefficient (Wildman–Crippen LogP) is 3.94. The fraction of sp³-hybridized carbons (Fsp3) is 0.310. The van der Waals surface area contributed by atoms with Gasteiger partial charge in [-0.1, -0.05) is 55.5 Å². The highest BCUT2D eigenvalue weighted by atomic mass is 32.2. The number of rotatable bonds is 12. The first-order chi connectivity index (χ1) is 19.1. The van der Waals surface area contributed by atoms with Crippen molar-refractivity contribution in [3.63, 3.8) is 0 Å². The number of nitrogens with two attached hydrogens (primary N) is 1. The van der Waals surface area contributed by atoms with Crippen LogP contribution in [0.4, 0.5) is 5.13 Å². The summed E-state index contributed by atoms with van der Waals surface area (Å²) in [5.74, 6) is 0.155. The van der Waals surface area contributed by atoms with Gasteiger partial charge in [-0.2, -0.15) is 4.31 Å². The standard InChI is InChI=1S/C29H34N4O5S2/c1-19(2)17-33(40(36,37)23-12-10-22(38-3)11-13-23)18-26(34)25(15-20-7-5-4-6-8-20)31-28(35)21-9-14-24-27(16-21)39-29(30)32-24/h4-14,16,19,25-26,34H,15,17-18H2,1-3H3,(H2,30,32)(H,31,35)/t25-,26?/m0/s1. The average molecular weight is 583 g/mol. The summed E-state index contributed by atoms with van der Waals surface area (Å²) in [6.45, 7) is 3.82. The lowest BCUT2D eigenvalue weighted by molar-refractivity contribution is 0.0776. The van der Waals surface area contributed by atoms with Gasteiger partial charge in [-0.15, -0.1) is 0 Å². The van der Waals surface area contributed by atoms with Gasteiger partial charge < -0.3 is 20.9 Å². The number of aliphatic hydroxyl groups is 1. The van der Waals surface area contributed by atoms with Crippen LogP contribution >= 0.6 is 11.3 Å². The Bertz CT molecular complexity index is 1540. The molecule has 2 atom stereocenters. The third-order valence-electron chi connectivity index (χ3n) is 6.40. The second-order valence-electron chi connectivity index (χ2n) is 9.96. The summed E-state index contributed by atoms with van der Waals surface area (Å²) in [6, 6.07) is 19.9. The van der Waals surface area contributed by atoms with E-state index in [-0.39, 0.29) is 29.8 Å². The lowest BCUT2D eigenvalue weighted by atomic mass is 10.00. The van der Waals surface area contributed by atoms with Crippen LogP contribution in [-0.4, -0.2) is 61.1 Å². The number of aliphatic hydroxyl groups excluding tert-OH is 1. The molecule has 1 aromatic heterocycles. The van der Waals surface area contributed by atoms with Crippen LogP contribution in [0.3, 0.4) is 0 Å². The Morgan fingerprint density at radius 2 is 1.77 bits per heavy atom. The number of amides is 1. The van der Waals surface area contributed by atoms with E-state index in [0.717, 1.165) is 10.3 Å². The van der Waals surface area contributed by atoms with E-state index < -0.39 is 22.2 Å². The van der Waals surface area contributed by atoms with Gasteiger partial charge in [-0.3, -0.25) is 4.79 Å². The molecular formula is C29H34N4O5S2. The molecule has 0 aliphatic rings. The Balaban J connectivity index is 1.60. The summed E-state index contributed by atoms with van der Waals surface area (Å²) in [6.07, 6.45) is -0.888. The summed E-state index contributed by atoms with van der Waals surface area (Å²) in [5, 5.41) is 14.8. The van der Waals surface area contributed by atoms with Gasteiger partial charge in [0.05, 0.1) is 34.4 Å². The van der Waals surface area contributed by atoms with Crippen LogP contribution in [0.5, 0.6) is 5.75 Å². The number of aromatic nitrogens is 1. The molecule has 1 unspecified atom stereocenters. The summed E-state index contributed by atoms with van der Waals surface area (Å²) in [7, 11) is -2.43. The van der Waals surface area contributed by atoms with E-state index in [1.54, 1.807) is 30.3 Å². The first kappa shape index (κ1) is 29.5. The highest BCUT2D eigenvalue weighted by Crippen LogP contribution is 2.25. The molecule has 0 saturated heterocycles. The molecule has 9 nitrogen and oxygen atoms in total. The first-order valence-electron chi connectivity index (χ1n) is 12.9. The van der Waals surface area contributed by atoms with E-state index in [1.165, 1.54) is 34.9 Å². The lowest BCUT2D eigenvalue weighted by Crippen LogP contribution is -2.51. The van der Waals surface area contributed by atoms with Gasteiger partial charge in [0.15, 0.2) is 5.13 Å². The number of thiazole rings is 1. The first-order valence-corrected chi connectivity index (χ1v) is 15.2. The third-order valence-corrected chi connectivity index (χ3v) is 9.10. The molecule has 0 radical (unpaired) electrons. The maximum atomic E-state index is 13.6. The van der Waals surface area contributed by atoms with Crippen molar-refractivity contribution < 1.29 is 23.1 Å². The largest absolute Gasteiger partial charge is 0.497 e. The predicted molar refractivity (Wildman–Crippen MR) is 158 cm³/mol. The van der Waals surface area contributed by atoms with Crippen molar-refractivity contribution in [3.8, 4) is 5.75 Å². The maximum Gasteiger partial charge on any atom is 0.251 e. The molecule has 40 heavy (non-hydrogen) atoms. The molecule has 3 aromatic carbocycles. The molecule has 0 aliphatic carbocycles. The van der Waals surface area contributed by atoms with Crippen molar-refractivity contribution in [1.29, 1.82) is 0 Å². The Morgan fingerprint density at radius 3 is 2.42 bits per heavy atom. The van der Waals surface area contributed by atoms with Crippen LogP contribution in [0.25, 0.3) is 10.2 Å². The molecule has 4 rings (SSSR count). The quantitative estimate of drug-likeness (QED) is 0.230. The van der Waals surface area contributed by atoms with Crippen LogP contribution in [0.15, 0.2) is 77.7 Å². The Morgan fingerprint density at radius 1 is 1.07 bits per heavy atom. The zero-order chi connectivity index (χ0) is 28.9. The number of carbonyl (C=O) groups excluding carboxylic acids is 1. The fourth-order valence-electron chi connectivity index (χ4n) is 4.40. The maximum absolute atomic E-state index is 13.6. The number of hydrogen-bond acceptors (Lipinski definition) is 8. The summed E-state index contributed by atoms with van der Waals surface area (Å²) in [4.78, 5) is 17.7. The minimum Gasteiger partial charge on any atom is -0.497 e. The average Bonchev–Trinajstić information content (AvgIpc) is 3.31. The van der Waals surface area contributed by atoms with E-state index in [9.17, 15) is 18.3 Å². The summed E-state index contributed by atoms with van der Waals surface area (Å²) < 4.78 is 34.5. The number of hydrogen-bond donors (Lipinski definition) is 3. The Kier molecular flexibility index (Phi) is 9.41. The number of ether oxygens (including phenoxy) is 1. The number of nitrogens with one attached hydrogen (secondary N) is 1. The van der Waals surface area contributed by atoms with Crippen LogP contribution < -0.4 is 15.8 Å². The second kappa shape index (κ2) is 12.8. The third kappa shape index (κ3) is 7.16. The van der Waals surface area contributed by atoms with Crippen molar-refractivity contribution in [1.82, 2.24) is 14.6 Å². The van der Waals surface area contributed by atoms with E-state index in [1.807, 2.05) is 44.2 Å². The SMILES string of the molecule is COc1ccc(S(=O)(=O)N(CC(C)C)CC(O)[C@H](Cc2ccccc2)NC(=O)c2ccc3nc(N)sc3c2)cc1. The molecule has 0 saturated carbocycles. The molecule has 1 heterocycles. The summed E-state index contributed by atoms with van der Waals surface area (Å²) in [5.41, 5.74) is 7.80. The number of nitrogens with zero attached hydrogens (tertiary/aromatic N) is 2. The second-order valence-corrected chi connectivity index (χ2v) is 13.0. The monoisotopic (exact) mass is 582 g/mol. The molecule has 0 spiro atoms. The van der Waals surface area contributed by atoms with Crippen LogP contribution in [0.2, 0.25) is 0 Å². The molecule has 212 valence electrons. The zero-order valence-corrected chi connectivity index (χ0v) is 24.3. The van der Waals surface area contributed by atoms with Gasteiger partial charge in [0.25, 0.3) is 5.91 Å². The smallest absolute Gasteiger partial charge is 0.251 e. The van der Waals surface area contributed by atoms with Crippen LogP contribution in [0, 0.1) is 5.92 Å². The minimum absolute atomic E-state index is 0.000886. The van der Waals surface area contributed by atoms with E-state index in [4.69, 9.17) is 10.5 Å². The molecule has 0 aliphatic heterocycles. The van der Waals surface area contributed by atoms with Gasteiger partial charge in [0, 0.05) is 18.7 Å². The molecular weight excluding hydrogens is 548 g/mol. The Hall–Kier alpha value is -3.51. The zero-order valence-electron chi connectivity index (χ0n) is 22.7. The number of sulfonamides is 1. The number of methoxy groups -OCH3 is 1. The number of fused-ring (bicyclic) bond motifs is 1. The van der Waals surface area contributed by atoms with Crippen LogP contribution in [0.1, 0.15) is 29.8 Å². The normalized spacial score (nSPS) is 13.4. The molecule has 1 amide bonds. The van der Waals surface area contributed by atoms with Crippen molar-refractivity contribution >= 4 is 42.6 Å². The Labute approximate surface area is 238 Å². The van der Waals surface area contributed by atoms with Crippen molar-refractivity contribution in [2.75, 3.05) is 25.9 Å². The number of carbonyl (C=O) groups is 1. The molecule has 4 aromatic rings. The highest BCUT2D eigenvalue weighted by Gasteiger charge is 2.31. The summed E-state index contributed by atoms with van der Waals surface area (Å²) >= 11 is 1.28. The molecule has 11 heteroatoms. The number of benzene rings is 3. The van der Waals surface area contributed by atoms with Gasteiger partial charge in [0.1, 0.15) is 5.75 Å².